The lowest BCUT2D eigenvalue weighted by Gasteiger charge is -2.04. The number of rotatable bonds is 2. The number of hydrogen-bond acceptors (Lipinski definition) is 1. The summed E-state index contributed by atoms with van der Waals surface area (Å²) in [7, 11) is 0. The minimum atomic E-state index is -0.394. The molecule has 2 heteroatoms. The van der Waals surface area contributed by atoms with Crippen LogP contribution in [0.5, 0.6) is 0 Å². The zero-order valence-corrected chi connectivity index (χ0v) is 8.72. The molecule has 0 bridgehead atoms. The largest absolute Gasteiger partial charge is 0.447 e. The molecule has 0 radical (unpaired) electrons. The van der Waals surface area contributed by atoms with Gasteiger partial charge in [0.05, 0.1) is 0 Å². The third-order valence-electron chi connectivity index (χ3n) is 2.50. The third kappa shape index (κ3) is 2.28. The Bertz CT molecular complexity index is 420. The Balaban J connectivity index is 2.32. The van der Waals surface area contributed by atoms with Crippen LogP contribution >= 0.6 is 0 Å². The van der Waals surface area contributed by atoms with Crippen molar-refractivity contribution in [3.8, 4) is 11.1 Å². The van der Waals surface area contributed by atoms with E-state index in [1.54, 1.807) is 6.82 Å². The summed E-state index contributed by atoms with van der Waals surface area (Å²) in [6, 6.07) is 18.2. The van der Waals surface area contributed by atoms with Gasteiger partial charge in [-0.05, 0) is 16.6 Å². The molecule has 0 aliphatic carbocycles. The van der Waals surface area contributed by atoms with Gasteiger partial charge in [0, 0.05) is 0 Å². The third-order valence-corrected chi connectivity index (χ3v) is 2.50. The van der Waals surface area contributed by atoms with E-state index in [4.69, 9.17) is 0 Å². The molecule has 0 fully saturated rings. The van der Waals surface area contributed by atoms with E-state index >= 15 is 0 Å². The quantitative estimate of drug-likeness (QED) is 0.729. The minimum Gasteiger partial charge on any atom is -0.447 e. The van der Waals surface area contributed by atoms with Crippen LogP contribution in [0.3, 0.4) is 0 Å². The Labute approximate surface area is 90.5 Å². The molecule has 0 spiro atoms. The van der Waals surface area contributed by atoms with Gasteiger partial charge in [0.2, 0.25) is 0 Å². The molecule has 74 valence electrons. The second-order valence-corrected chi connectivity index (χ2v) is 3.66. The fourth-order valence-electron chi connectivity index (χ4n) is 1.58. The van der Waals surface area contributed by atoms with Crippen LogP contribution in [0.1, 0.15) is 0 Å². The highest BCUT2D eigenvalue weighted by atomic mass is 16.2. The van der Waals surface area contributed by atoms with Crippen LogP contribution in [0.4, 0.5) is 0 Å². The van der Waals surface area contributed by atoms with Gasteiger partial charge in [-0.1, -0.05) is 61.4 Å². The molecule has 15 heavy (non-hydrogen) atoms. The molecule has 0 amide bonds. The summed E-state index contributed by atoms with van der Waals surface area (Å²) in [6.07, 6.45) is 0. The van der Waals surface area contributed by atoms with Crippen molar-refractivity contribution in [2.75, 3.05) is 0 Å². The molecule has 0 aromatic heterocycles. The molecule has 2 aromatic carbocycles. The summed E-state index contributed by atoms with van der Waals surface area (Å²) in [4.78, 5) is 0. The van der Waals surface area contributed by atoms with Crippen molar-refractivity contribution in [1.82, 2.24) is 0 Å². The molecule has 0 saturated carbocycles. The van der Waals surface area contributed by atoms with Gasteiger partial charge in [-0.2, -0.15) is 0 Å². The molecule has 0 aliphatic rings. The smallest absolute Gasteiger partial charge is 0.320 e. The van der Waals surface area contributed by atoms with Crippen LogP contribution in [0, 0.1) is 0 Å². The molecule has 1 nitrogen and oxygen atoms in total. The summed E-state index contributed by atoms with van der Waals surface area (Å²) in [5, 5.41) is 9.39. The van der Waals surface area contributed by atoms with E-state index in [1.165, 1.54) is 11.1 Å². The van der Waals surface area contributed by atoms with E-state index in [-0.39, 0.29) is 0 Å². The first-order valence-electron chi connectivity index (χ1n) is 5.11. The second-order valence-electron chi connectivity index (χ2n) is 3.66. The molecule has 0 saturated heterocycles. The van der Waals surface area contributed by atoms with Crippen molar-refractivity contribution in [3.63, 3.8) is 0 Å². The summed E-state index contributed by atoms with van der Waals surface area (Å²) in [5.41, 5.74) is 3.34. The van der Waals surface area contributed by atoms with E-state index in [0.29, 0.717) is 0 Å². The summed E-state index contributed by atoms with van der Waals surface area (Å²) in [6.45, 7) is 1.38. The molecular weight excluding hydrogens is 183 g/mol. The van der Waals surface area contributed by atoms with Crippen LogP contribution in [-0.4, -0.2) is 11.9 Å². The molecule has 0 atom stereocenters. The van der Waals surface area contributed by atoms with E-state index in [9.17, 15) is 5.02 Å². The lowest BCUT2D eigenvalue weighted by molar-refractivity contribution is 0.594. The Morgan fingerprint density at radius 2 is 1.33 bits per heavy atom. The highest BCUT2D eigenvalue weighted by molar-refractivity contribution is 6.64. The van der Waals surface area contributed by atoms with Gasteiger partial charge in [0.1, 0.15) is 0 Å². The van der Waals surface area contributed by atoms with Crippen LogP contribution in [0.2, 0.25) is 6.82 Å². The monoisotopic (exact) mass is 196 g/mol. The fraction of sp³-hybridized carbons (Fsp3) is 0.0769. The van der Waals surface area contributed by atoms with E-state index < -0.39 is 6.92 Å². The van der Waals surface area contributed by atoms with E-state index in [1.807, 2.05) is 42.5 Å². The van der Waals surface area contributed by atoms with Crippen LogP contribution < -0.4 is 5.46 Å². The molecule has 0 heterocycles. The standard InChI is InChI=1S/C13H13BO/c1-14(15)13-9-7-12(8-10-13)11-5-3-2-4-6-11/h2-10,15H,1H3. The maximum atomic E-state index is 9.39. The zero-order valence-electron chi connectivity index (χ0n) is 8.72. The van der Waals surface area contributed by atoms with Gasteiger partial charge in [-0.3, -0.25) is 0 Å². The first-order chi connectivity index (χ1) is 7.27. The summed E-state index contributed by atoms with van der Waals surface area (Å²) >= 11 is 0. The normalized spacial score (nSPS) is 10.0. The topological polar surface area (TPSA) is 20.2 Å². The van der Waals surface area contributed by atoms with Gasteiger partial charge in [0.25, 0.3) is 0 Å². The van der Waals surface area contributed by atoms with Gasteiger partial charge >= 0.3 is 6.92 Å². The van der Waals surface area contributed by atoms with Crippen molar-refractivity contribution in [1.29, 1.82) is 0 Å². The summed E-state index contributed by atoms with van der Waals surface area (Å²) in [5.74, 6) is 0. The first-order valence-corrected chi connectivity index (χ1v) is 5.11. The van der Waals surface area contributed by atoms with Crippen molar-refractivity contribution in [3.05, 3.63) is 54.6 Å². The molecule has 2 aromatic rings. The fourth-order valence-corrected chi connectivity index (χ4v) is 1.58. The molecular formula is C13H13BO. The first kappa shape index (κ1) is 10.00. The Kier molecular flexibility index (Phi) is 2.88. The Hall–Kier alpha value is -1.54. The molecule has 0 unspecified atom stereocenters. The SMILES string of the molecule is CB(O)c1ccc(-c2ccccc2)cc1. The molecule has 0 aliphatic heterocycles. The molecule has 2 rings (SSSR count). The van der Waals surface area contributed by atoms with Crippen molar-refractivity contribution < 1.29 is 5.02 Å². The van der Waals surface area contributed by atoms with Crippen LogP contribution in [0.15, 0.2) is 54.6 Å². The van der Waals surface area contributed by atoms with Gasteiger partial charge < -0.3 is 5.02 Å². The highest BCUT2D eigenvalue weighted by Crippen LogP contribution is 2.17. The average molecular weight is 196 g/mol. The number of hydrogen-bond donors (Lipinski definition) is 1. The van der Waals surface area contributed by atoms with E-state index in [2.05, 4.69) is 12.1 Å². The maximum absolute atomic E-state index is 9.39. The maximum Gasteiger partial charge on any atom is 0.320 e. The predicted octanol–water partition coefficient (Wildman–Crippen LogP) is 2.17. The van der Waals surface area contributed by atoms with Crippen molar-refractivity contribution in [2.45, 2.75) is 6.82 Å². The van der Waals surface area contributed by atoms with Gasteiger partial charge in [-0.25, -0.2) is 0 Å². The van der Waals surface area contributed by atoms with Crippen LogP contribution in [-0.2, 0) is 0 Å². The lowest BCUT2D eigenvalue weighted by atomic mass is 9.64. The number of benzene rings is 2. The van der Waals surface area contributed by atoms with Crippen molar-refractivity contribution in [2.24, 2.45) is 0 Å². The minimum absolute atomic E-state index is 0.394. The van der Waals surface area contributed by atoms with E-state index in [0.717, 1.165) is 5.46 Å². The van der Waals surface area contributed by atoms with Gasteiger partial charge in [0.15, 0.2) is 0 Å². The Morgan fingerprint density at radius 1 is 0.800 bits per heavy atom. The predicted molar refractivity (Wildman–Crippen MR) is 65.3 cm³/mol. The molecule has 1 N–H and O–H groups in total. The lowest BCUT2D eigenvalue weighted by Crippen LogP contribution is -2.25. The average Bonchev–Trinajstić information content (AvgIpc) is 2.30. The Morgan fingerprint density at radius 3 is 1.87 bits per heavy atom. The second kappa shape index (κ2) is 4.32. The van der Waals surface area contributed by atoms with Crippen LogP contribution in [0.25, 0.3) is 11.1 Å². The summed E-state index contributed by atoms with van der Waals surface area (Å²) < 4.78 is 0. The van der Waals surface area contributed by atoms with Gasteiger partial charge in [-0.15, -0.1) is 0 Å². The highest BCUT2D eigenvalue weighted by Gasteiger charge is 2.05. The zero-order chi connectivity index (χ0) is 10.7. The van der Waals surface area contributed by atoms with Crippen molar-refractivity contribution >= 4 is 12.4 Å².